The van der Waals surface area contributed by atoms with Crippen LogP contribution in [0.2, 0.25) is 0 Å². The van der Waals surface area contributed by atoms with Gasteiger partial charge in [0.05, 0.1) is 12.2 Å². The number of rotatable bonds is 6. The van der Waals surface area contributed by atoms with E-state index in [4.69, 9.17) is 0 Å². The molecule has 1 amide bonds. The van der Waals surface area contributed by atoms with Crippen molar-refractivity contribution in [2.24, 2.45) is 0 Å². The third kappa shape index (κ3) is 4.32. The summed E-state index contributed by atoms with van der Waals surface area (Å²) >= 11 is 0. The van der Waals surface area contributed by atoms with Crippen molar-refractivity contribution >= 4 is 15.9 Å². The van der Waals surface area contributed by atoms with Gasteiger partial charge >= 0.3 is 0 Å². The number of aromatic amines is 1. The normalized spacial score (nSPS) is 13.5. The van der Waals surface area contributed by atoms with E-state index < -0.39 is 16.1 Å². The number of carbonyl (C=O) groups excluding carboxylic acids is 1. The zero-order valence-corrected chi connectivity index (χ0v) is 12.3. The molecule has 1 heterocycles. The minimum Gasteiger partial charge on any atom is -0.353 e. The molecule has 3 N–H and O–H groups in total. The average molecular weight is 288 g/mol. The van der Waals surface area contributed by atoms with E-state index in [-0.39, 0.29) is 17.0 Å². The highest BCUT2D eigenvalue weighted by atomic mass is 32.2. The van der Waals surface area contributed by atoms with Crippen LogP contribution >= 0.6 is 0 Å². The van der Waals surface area contributed by atoms with Crippen LogP contribution in [0.5, 0.6) is 0 Å². The molecule has 0 fully saturated rings. The number of sulfonamides is 1. The number of nitrogens with zero attached hydrogens (tertiary/aromatic N) is 1. The molecule has 1 rings (SSSR count). The number of hydrogen-bond acceptors (Lipinski definition) is 4. The van der Waals surface area contributed by atoms with Crippen LogP contribution in [0.1, 0.15) is 33.5 Å². The summed E-state index contributed by atoms with van der Waals surface area (Å²) in [6.45, 7) is 6.97. The Bertz CT molecular complexity index is 536. The first-order chi connectivity index (χ1) is 8.76. The Balaban J connectivity index is 2.76. The third-order valence-corrected chi connectivity index (χ3v) is 3.84. The highest BCUT2D eigenvalue weighted by Gasteiger charge is 2.23. The van der Waals surface area contributed by atoms with Crippen LogP contribution in [0.25, 0.3) is 0 Å². The molecule has 1 unspecified atom stereocenters. The Kier molecular flexibility index (Phi) is 5.07. The third-order valence-electron chi connectivity index (χ3n) is 2.39. The predicted molar refractivity (Wildman–Crippen MR) is 71.0 cm³/mol. The van der Waals surface area contributed by atoms with Crippen LogP contribution in [0.4, 0.5) is 0 Å². The summed E-state index contributed by atoms with van der Waals surface area (Å²) in [6, 6.07) is -0.890. The largest absolute Gasteiger partial charge is 0.353 e. The van der Waals surface area contributed by atoms with Crippen molar-refractivity contribution in [1.82, 2.24) is 20.0 Å². The molecular formula is C11H20N4O3S. The fourth-order valence-corrected chi connectivity index (χ4v) is 2.56. The predicted octanol–water partition coefficient (Wildman–Crippen LogP) is 0.164. The van der Waals surface area contributed by atoms with Crippen LogP contribution in [-0.4, -0.2) is 36.4 Å². The van der Waals surface area contributed by atoms with Gasteiger partial charge in [0.1, 0.15) is 5.82 Å². The maximum absolute atomic E-state index is 12.0. The van der Waals surface area contributed by atoms with Crippen molar-refractivity contribution in [3.8, 4) is 0 Å². The number of aryl methyl sites for hydroxylation is 1. The van der Waals surface area contributed by atoms with E-state index in [2.05, 4.69) is 20.0 Å². The van der Waals surface area contributed by atoms with E-state index >= 15 is 0 Å². The fraction of sp³-hybridized carbons (Fsp3) is 0.636. The Morgan fingerprint density at radius 1 is 1.42 bits per heavy atom. The molecule has 0 aromatic carbocycles. The molecule has 0 aliphatic rings. The molecule has 0 aliphatic carbocycles. The van der Waals surface area contributed by atoms with Crippen molar-refractivity contribution in [2.45, 2.75) is 51.2 Å². The molecule has 1 aromatic heterocycles. The van der Waals surface area contributed by atoms with E-state index in [1.54, 1.807) is 0 Å². The van der Waals surface area contributed by atoms with E-state index in [1.165, 1.54) is 13.1 Å². The SMILES string of the molecule is CCc1ncc(S(=O)(=O)NC(C)C(=O)NC(C)C)[nH]1. The van der Waals surface area contributed by atoms with E-state index in [1.807, 2.05) is 20.8 Å². The molecule has 8 heteroatoms. The Morgan fingerprint density at radius 3 is 2.53 bits per heavy atom. The second-order valence-corrected chi connectivity index (χ2v) is 6.24. The van der Waals surface area contributed by atoms with Gasteiger partial charge in [0.15, 0.2) is 5.03 Å². The van der Waals surface area contributed by atoms with Crippen LogP contribution in [0.15, 0.2) is 11.2 Å². The van der Waals surface area contributed by atoms with E-state index in [0.717, 1.165) is 0 Å². The van der Waals surface area contributed by atoms with Crippen LogP contribution in [0, 0.1) is 0 Å². The van der Waals surface area contributed by atoms with Gasteiger partial charge in [-0.3, -0.25) is 4.79 Å². The highest BCUT2D eigenvalue weighted by molar-refractivity contribution is 7.89. The lowest BCUT2D eigenvalue weighted by atomic mass is 10.3. The summed E-state index contributed by atoms with van der Waals surface area (Å²) in [7, 11) is -3.76. The maximum Gasteiger partial charge on any atom is 0.258 e. The van der Waals surface area contributed by atoms with Gasteiger partial charge in [-0.25, -0.2) is 13.4 Å². The van der Waals surface area contributed by atoms with E-state index in [9.17, 15) is 13.2 Å². The van der Waals surface area contributed by atoms with Gasteiger partial charge in [0.25, 0.3) is 10.0 Å². The second kappa shape index (κ2) is 6.16. The molecule has 108 valence electrons. The van der Waals surface area contributed by atoms with Crippen LogP contribution in [-0.2, 0) is 21.2 Å². The Labute approximate surface area is 113 Å². The van der Waals surface area contributed by atoms with Crippen molar-refractivity contribution < 1.29 is 13.2 Å². The minimum absolute atomic E-state index is 0.0338. The first-order valence-corrected chi connectivity index (χ1v) is 7.61. The smallest absolute Gasteiger partial charge is 0.258 e. The topological polar surface area (TPSA) is 104 Å². The van der Waals surface area contributed by atoms with Crippen molar-refractivity contribution in [2.75, 3.05) is 0 Å². The molecule has 1 aromatic rings. The second-order valence-electron chi connectivity index (χ2n) is 4.55. The number of H-pyrrole nitrogens is 1. The lowest BCUT2D eigenvalue weighted by Gasteiger charge is -2.15. The quantitative estimate of drug-likeness (QED) is 0.693. The fourth-order valence-electron chi connectivity index (χ4n) is 1.42. The van der Waals surface area contributed by atoms with Crippen molar-refractivity contribution in [3.63, 3.8) is 0 Å². The molecule has 0 saturated heterocycles. The number of hydrogen-bond donors (Lipinski definition) is 3. The molecule has 0 radical (unpaired) electrons. The molecule has 1 atom stereocenters. The zero-order chi connectivity index (χ0) is 14.6. The van der Waals surface area contributed by atoms with Crippen LogP contribution in [0.3, 0.4) is 0 Å². The monoisotopic (exact) mass is 288 g/mol. The van der Waals surface area contributed by atoms with Gasteiger partial charge in [0, 0.05) is 12.5 Å². The summed E-state index contributed by atoms with van der Waals surface area (Å²) in [5.74, 6) is 0.216. The Morgan fingerprint density at radius 2 is 2.05 bits per heavy atom. The van der Waals surface area contributed by atoms with E-state index in [0.29, 0.717) is 12.2 Å². The van der Waals surface area contributed by atoms with Gasteiger partial charge in [-0.2, -0.15) is 4.72 Å². The first kappa shape index (κ1) is 15.6. The van der Waals surface area contributed by atoms with Gasteiger partial charge < -0.3 is 10.3 Å². The summed E-state index contributed by atoms with van der Waals surface area (Å²) < 4.78 is 26.3. The van der Waals surface area contributed by atoms with Crippen molar-refractivity contribution in [1.29, 1.82) is 0 Å². The van der Waals surface area contributed by atoms with Gasteiger partial charge in [-0.15, -0.1) is 0 Å². The molecule has 0 spiro atoms. The number of carbonyl (C=O) groups is 1. The zero-order valence-electron chi connectivity index (χ0n) is 11.5. The molecule has 0 saturated carbocycles. The number of nitrogens with one attached hydrogen (secondary N) is 3. The average Bonchev–Trinajstić information content (AvgIpc) is 2.76. The van der Waals surface area contributed by atoms with Crippen LogP contribution < -0.4 is 10.0 Å². The number of aromatic nitrogens is 2. The standard InChI is InChI=1S/C11H20N4O3S/c1-5-9-12-6-10(14-9)19(17,18)15-8(4)11(16)13-7(2)3/h6-8,15H,5H2,1-4H3,(H,12,14)(H,13,16). The van der Waals surface area contributed by atoms with Gasteiger partial charge in [0.2, 0.25) is 5.91 Å². The molecule has 19 heavy (non-hydrogen) atoms. The molecular weight excluding hydrogens is 268 g/mol. The Hall–Kier alpha value is -1.41. The molecule has 0 aliphatic heterocycles. The summed E-state index contributed by atoms with van der Waals surface area (Å²) in [4.78, 5) is 18.3. The minimum atomic E-state index is -3.76. The van der Waals surface area contributed by atoms with Gasteiger partial charge in [-0.1, -0.05) is 6.92 Å². The number of imidazole rings is 1. The van der Waals surface area contributed by atoms with Gasteiger partial charge in [-0.05, 0) is 20.8 Å². The summed E-state index contributed by atoms with van der Waals surface area (Å²) in [5.41, 5.74) is 0. The maximum atomic E-state index is 12.0. The summed E-state index contributed by atoms with van der Waals surface area (Å²) in [5, 5.41) is 2.61. The highest BCUT2D eigenvalue weighted by Crippen LogP contribution is 2.06. The number of amides is 1. The molecule has 0 bridgehead atoms. The molecule has 7 nitrogen and oxygen atoms in total. The summed E-state index contributed by atoms with van der Waals surface area (Å²) in [6.07, 6.45) is 1.85. The lowest BCUT2D eigenvalue weighted by molar-refractivity contribution is -0.122. The lowest BCUT2D eigenvalue weighted by Crippen LogP contribution is -2.46. The van der Waals surface area contributed by atoms with Crippen molar-refractivity contribution in [3.05, 3.63) is 12.0 Å². The first-order valence-electron chi connectivity index (χ1n) is 6.12.